The molecule has 43 heavy (non-hydrogen) atoms. The third kappa shape index (κ3) is 5.87. The molecule has 0 amide bonds. The van der Waals surface area contributed by atoms with E-state index in [1.165, 1.54) is 24.3 Å². The van der Waals surface area contributed by atoms with Gasteiger partial charge in [0.15, 0.2) is 24.8 Å². The predicted molar refractivity (Wildman–Crippen MR) is 137 cm³/mol. The molecule has 0 saturated carbocycles. The SMILES string of the molecule is O=C1c2c(O)cc(O)cc2OC(c2ccc(O)cc2)C1OC1OC(CO)C(O)C(O)C1OC1OC(CO)C(O)C(O)C1O. The number of Topliss-reactive ketones (excluding diaryl/α,β-unsaturated/α-hetero) is 1. The molecule has 2 aromatic rings. The molecule has 12 atom stereocenters. The van der Waals surface area contributed by atoms with Gasteiger partial charge in [0.25, 0.3) is 0 Å². The first-order valence-electron chi connectivity index (χ1n) is 13.2. The Morgan fingerprint density at radius 3 is 1.93 bits per heavy atom. The van der Waals surface area contributed by atoms with Crippen LogP contribution in [0.4, 0.5) is 0 Å². The molecule has 3 aliphatic heterocycles. The molecule has 2 saturated heterocycles. The number of phenols is 3. The Kier molecular flexibility index (Phi) is 9.07. The summed E-state index contributed by atoms with van der Waals surface area (Å²) >= 11 is 0. The van der Waals surface area contributed by atoms with Gasteiger partial charge in [-0.25, -0.2) is 0 Å². The molecule has 12 unspecified atom stereocenters. The molecule has 0 spiro atoms. The maximum absolute atomic E-state index is 13.8. The second kappa shape index (κ2) is 12.5. The number of aliphatic hydroxyl groups excluding tert-OH is 7. The average molecular weight is 613 g/mol. The highest BCUT2D eigenvalue weighted by Crippen LogP contribution is 2.44. The average Bonchev–Trinajstić information content (AvgIpc) is 2.97. The lowest BCUT2D eigenvalue weighted by Crippen LogP contribution is -2.65. The highest BCUT2D eigenvalue weighted by atomic mass is 16.8. The lowest BCUT2D eigenvalue weighted by atomic mass is 9.92. The summed E-state index contributed by atoms with van der Waals surface area (Å²) in [7, 11) is 0. The van der Waals surface area contributed by atoms with Crippen LogP contribution in [0.25, 0.3) is 0 Å². The molecule has 16 nitrogen and oxygen atoms in total. The van der Waals surface area contributed by atoms with E-state index < -0.39 is 104 Å². The lowest BCUT2D eigenvalue weighted by molar-refractivity contribution is -0.371. The van der Waals surface area contributed by atoms with Crippen molar-refractivity contribution >= 4 is 5.78 Å². The number of carbonyl (C=O) groups is 1. The van der Waals surface area contributed by atoms with Crippen molar-refractivity contribution in [2.75, 3.05) is 13.2 Å². The number of aromatic hydroxyl groups is 3. The molecular formula is C27H32O16. The molecule has 3 aliphatic rings. The van der Waals surface area contributed by atoms with E-state index in [1.54, 1.807) is 0 Å². The number of carbonyl (C=O) groups excluding carboxylic acids is 1. The zero-order valence-electron chi connectivity index (χ0n) is 22.2. The fraction of sp³-hybridized carbons (Fsp3) is 0.519. The van der Waals surface area contributed by atoms with E-state index in [1.807, 2.05) is 0 Å². The van der Waals surface area contributed by atoms with Crippen LogP contribution in [0.5, 0.6) is 23.0 Å². The number of rotatable bonds is 7. The molecule has 16 heteroatoms. The van der Waals surface area contributed by atoms with Crippen LogP contribution in [-0.4, -0.2) is 138 Å². The molecule has 0 aliphatic carbocycles. The van der Waals surface area contributed by atoms with Gasteiger partial charge in [-0.1, -0.05) is 12.1 Å². The number of hydrogen-bond acceptors (Lipinski definition) is 16. The molecule has 0 radical (unpaired) electrons. The molecule has 3 heterocycles. The van der Waals surface area contributed by atoms with Gasteiger partial charge in [-0.05, 0) is 17.7 Å². The van der Waals surface area contributed by atoms with Gasteiger partial charge in [-0.15, -0.1) is 0 Å². The van der Waals surface area contributed by atoms with Crippen molar-refractivity contribution in [3.63, 3.8) is 0 Å². The summed E-state index contributed by atoms with van der Waals surface area (Å²) in [6.45, 7) is -1.60. The van der Waals surface area contributed by atoms with Gasteiger partial charge in [0.1, 0.15) is 77.4 Å². The molecule has 0 aromatic heterocycles. The number of aliphatic hydroxyl groups is 7. The highest BCUT2D eigenvalue weighted by Gasteiger charge is 2.53. The zero-order valence-corrected chi connectivity index (χ0v) is 22.2. The van der Waals surface area contributed by atoms with Crippen molar-refractivity contribution in [3.05, 3.63) is 47.5 Å². The van der Waals surface area contributed by atoms with Gasteiger partial charge >= 0.3 is 0 Å². The maximum Gasteiger partial charge on any atom is 0.203 e. The van der Waals surface area contributed by atoms with Gasteiger partial charge in [-0.2, -0.15) is 0 Å². The van der Waals surface area contributed by atoms with E-state index >= 15 is 0 Å². The van der Waals surface area contributed by atoms with Crippen LogP contribution in [0.2, 0.25) is 0 Å². The minimum atomic E-state index is -1.92. The van der Waals surface area contributed by atoms with Crippen molar-refractivity contribution in [3.8, 4) is 23.0 Å². The standard InChI is InChI=1S/C27H32O16/c28-7-14-17(33)20(36)22(38)26(40-14)43-25-21(37)18(34)15(8-29)41-27(25)42-24-19(35)16-12(32)5-11(31)6-13(16)39-23(24)9-1-3-10(30)4-2-9/h1-6,14-15,17-18,20-34,36-38H,7-8H2. The smallest absolute Gasteiger partial charge is 0.203 e. The third-order valence-electron chi connectivity index (χ3n) is 7.57. The van der Waals surface area contributed by atoms with Gasteiger partial charge in [-0.3, -0.25) is 4.79 Å². The fourth-order valence-corrected chi connectivity index (χ4v) is 5.24. The summed E-state index contributed by atoms with van der Waals surface area (Å²) in [6.07, 6.45) is -20.4. The second-order valence-electron chi connectivity index (χ2n) is 10.4. The number of ketones is 1. The molecule has 236 valence electrons. The number of phenolic OH excluding ortho intramolecular Hbond substituents is 3. The first kappa shape index (κ1) is 31.3. The minimum Gasteiger partial charge on any atom is -0.508 e. The maximum atomic E-state index is 13.8. The molecule has 5 rings (SSSR count). The molecule has 0 bridgehead atoms. The van der Waals surface area contributed by atoms with E-state index in [9.17, 15) is 55.9 Å². The normalized spacial score (nSPS) is 37.9. The minimum absolute atomic E-state index is 0.106. The number of ether oxygens (including phenoxy) is 5. The summed E-state index contributed by atoms with van der Waals surface area (Å²) in [5, 5.41) is 102. The van der Waals surface area contributed by atoms with Crippen LogP contribution >= 0.6 is 0 Å². The van der Waals surface area contributed by atoms with Crippen molar-refractivity contribution in [2.45, 2.75) is 73.6 Å². The van der Waals surface area contributed by atoms with Crippen molar-refractivity contribution in [1.29, 1.82) is 0 Å². The first-order chi connectivity index (χ1) is 20.4. The Morgan fingerprint density at radius 2 is 1.30 bits per heavy atom. The van der Waals surface area contributed by atoms with Gasteiger partial charge in [0.05, 0.1) is 13.2 Å². The highest BCUT2D eigenvalue weighted by molar-refractivity contribution is 6.05. The Labute approximate surface area is 243 Å². The molecule has 10 N–H and O–H groups in total. The Bertz CT molecular complexity index is 1290. The Balaban J connectivity index is 1.51. The van der Waals surface area contributed by atoms with Crippen molar-refractivity contribution in [1.82, 2.24) is 0 Å². The third-order valence-corrected chi connectivity index (χ3v) is 7.57. The van der Waals surface area contributed by atoms with Crippen LogP contribution in [-0.2, 0) is 18.9 Å². The van der Waals surface area contributed by atoms with E-state index in [-0.39, 0.29) is 22.6 Å². The Hall–Kier alpha value is -3.13. The summed E-state index contributed by atoms with van der Waals surface area (Å²) in [5.41, 5.74) is -0.0783. The fourth-order valence-electron chi connectivity index (χ4n) is 5.24. The quantitative estimate of drug-likeness (QED) is 0.151. The predicted octanol–water partition coefficient (Wildman–Crippen LogP) is -2.87. The molecule has 2 aromatic carbocycles. The van der Waals surface area contributed by atoms with Crippen molar-refractivity contribution < 1.29 is 79.5 Å². The topological polar surface area (TPSA) is 266 Å². The Morgan fingerprint density at radius 1 is 0.698 bits per heavy atom. The summed E-state index contributed by atoms with van der Waals surface area (Å²) < 4.78 is 28.6. The van der Waals surface area contributed by atoms with Crippen LogP contribution in [0, 0.1) is 0 Å². The largest absolute Gasteiger partial charge is 0.508 e. The van der Waals surface area contributed by atoms with E-state index in [0.29, 0.717) is 0 Å². The van der Waals surface area contributed by atoms with Gasteiger partial charge in [0.2, 0.25) is 5.78 Å². The van der Waals surface area contributed by atoms with Crippen molar-refractivity contribution in [2.24, 2.45) is 0 Å². The van der Waals surface area contributed by atoms with E-state index in [2.05, 4.69) is 0 Å². The molecule has 2 fully saturated rings. The lowest BCUT2D eigenvalue weighted by Gasteiger charge is -2.47. The van der Waals surface area contributed by atoms with Crippen LogP contribution in [0.1, 0.15) is 22.0 Å². The monoisotopic (exact) mass is 612 g/mol. The summed E-state index contributed by atoms with van der Waals surface area (Å²) in [5.74, 6) is -2.21. The zero-order chi connectivity index (χ0) is 31.2. The van der Waals surface area contributed by atoms with Gasteiger partial charge in [0, 0.05) is 12.1 Å². The molecular weight excluding hydrogens is 580 g/mol. The van der Waals surface area contributed by atoms with E-state index in [4.69, 9.17) is 23.7 Å². The van der Waals surface area contributed by atoms with Gasteiger partial charge < -0.3 is 74.7 Å². The van der Waals surface area contributed by atoms with Crippen LogP contribution in [0.3, 0.4) is 0 Å². The number of fused-ring (bicyclic) bond motifs is 1. The number of hydrogen-bond donors (Lipinski definition) is 10. The number of benzene rings is 2. The van der Waals surface area contributed by atoms with Crippen LogP contribution in [0.15, 0.2) is 36.4 Å². The first-order valence-corrected chi connectivity index (χ1v) is 13.2. The van der Waals surface area contributed by atoms with Crippen LogP contribution < -0.4 is 4.74 Å². The summed E-state index contributed by atoms with van der Waals surface area (Å²) in [6, 6.07) is 7.44. The summed E-state index contributed by atoms with van der Waals surface area (Å²) in [4.78, 5) is 13.8. The second-order valence-corrected chi connectivity index (χ2v) is 10.4. The van der Waals surface area contributed by atoms with E-state index in [0.717, 1.165) is 12.1 Å².